The molecule has 14 heavy (non-hydrogen) atoms. The zero-order valence-corrected chi connectivity index (χ0v) is 9.68. The van der Waals surface area contributed by atoms with Crippen LogP contribution >= 0.6 is 0 Å². The van der Waals surface area contributed by atoms with E-state index in [0.717, 1.165) is 13.0 Å². The van der Waals surface area contributed by atoms with Crippen molar-refractivity contribution in [3.8, 4) is 0 Å². The van der Waals surface area contributed by atoms with Gasteiger partial charge in [-0.15, -0.1) is 0 Å². The lowest BCUT2D eigenvalue weighted by atomic mass is 9.67. The number of carbonyl (C=O) groups excluding carboxylic acids is 1. The van der Waals surface area contributed by atoms with Gasteiger partial charge in [-0.2, -0.15) is 0 Å². The summed E-state index contributed by atoms with van der Waals surface area (Å²) in [6, 6.07) is 0. The van der Waals surface area contributed by atoms with Crippen LogP contribution in [0.25, 0.3) is 0 Å². The van der Waals surface area contributed by atoms with E-state index >= 15 is 0 Å². The molecule has 2 atom stereocenters. The molecule has 0 aromatic heterocycles. The third-order valence-electron chi connectivity index (χ3n) is 3.81. The van der Waals surface area contributed by atoms with E-state index < -0.39 is 0 Å². The Kier molecular flexibility index (Phi) is 2.91. The van der Waals surface area contributed by atoms with Crippen LogP contribution in [0.15, 0.2) is 0 Å². The molecule has 1 amide bonds. The highest BCUT2D eigenvalue weighted by Gasteiger charge is 2.47. The molecule has 1 fully saturated rings. The summed E-state index contributed by atoms with van der Waals surface area (Å²) in [6.07, 6.45) is 1.55. The van der Waals surface area contributed by atoms with Crippen molar-refractivity contribution in [3.05, 3.63) is 0 Å². The van der Waals surface area contributed by atoms with Crippen molar-refractivity contribution < 1.29 is 4.79 Å². The van der Waals surface area contributed by atoms with Crippen molar-refractivity contribution in [2.45, 2.75) is 46.1 Å². The van der Waals surface area contributed by atoms with E-state index in [1.54, 1.807) is 0 Å². The predicted octanol–water partition coefficient (Wildman–Crippen LogP) is 1.28. The number of nitrogens with one attached hydrogen (secondary N) is 1. The van der Waals surface area contributed by atoms with Crippen molar-refractivity contribution in [1.29, 1.82) is 0 Å². The molecule has 0 spiro atoms. The van der Waals surface area contributed by atoms with Crippen LogP contribution in [0, 0.1) is 11.3 Å². The number of rotatable bonds is 2. The molecule has 0 bridgehead atoms. The minimum atomic E-state index is -0.186. The normalized spacial score (nSPS) is 33.3. The Hall–Kier alpha value is -0.570. The SMILES string of the molecule is CC(C)(C)C1(C)NCCC1CC(N)=O. The van der Waals surface area contributed by atoms with E-state index in [9.17, 15) is 4.79 Å². The predicted molar refractivity (Wildman–Crippen MR) is 57.8 cm³/mol. The number of hydrogen-bond acceptors (Lipinski definition) is 2. The van der Waals surface area contributed by atoms with Crippen LogP contribution in [0.2, 0.25) is 0 Å². The monoisotopic (exact) mass is 198 g/mol. The van der Waals surface area contributed by atoms with Gasteiger partial charge in [0.15, 0.2) is 0 Å². The molecule has 0 aromatic carbocycles. The Morgan fingerprint density at radius 2 is 2.14 bits per heavy atom. The van der Waals surface area contributed by atoms with Gasteiger partial charge in [-0.05, 0) is 31.2 Å². The quantitative estimate of drug-likeness (QED) is 0.702. The molecule has 3 N–H and O–H groups in total. The fraction of sp³-hybridized carbons (Fsp3) is 0.909. The topological polar surface area (TPSA) is 55.1 Å². The molecule has 0 aliphatic carbocycles. The number of hydrogen-bond donors (Lipinski definition) is 2. The molecule has 1 rings (SSSR count). The minimum Gasteiger partial charge on any atom is -0.370 e. The molecule has 0 aromatic rings. The highest BCUT2D eigenvalue weighted by atomic mass is 16.1. The molecule has 1 aliphatic heterocycles. The molecular weight excluding hydrogens is 176 g/mol. The first-order chi connectivity index (χ1) is 6.27. The van der Waals surface area contributed by atoms with Gasteiger partial charge in [-0.25, -0.2) is 0 Å². The Balaban J connectivity index is 2.81. The van der Waals surface area contributed by atoms with Crippen LogP contribution in [0.4, 0.5) is 0 Å². The van der Waals surface area contributed by atoms with Gasteiger partial charge in [-0.3, -0.25) is 4.79 Å². The van der Waals surface area contributed by atoms with Crippen LogP contribution in [0.5, 0.6) is 0 Å². The highest BCUT2D eigenvalue weighted by molar-refractivity contribution is 5.74. The Morgan fingerprint density at radius 1 is 1.57 bits per heavy atom. The Bertz CT molecular complexity index is 232. The van der Waals surface area contributed by atoms with Crippen molar-refractivity contribution in [3.63, 3.8) is 0 Å². The van der Waals surface area contributed by atoms with Gasteiger partial charge in [0.25, 0.3) is 0 Å². The average Bonchev–Trinajstić information content (AvgIpc) is 2.31. The van der Waals surface area contributed by atoms with E-state index in [2.05, 4.69) is 33.0 Å². The van der Waals surface area contributed by atoms with Crippen LogP contribution < -0.4 is 11.1 Å². The fourth-order valence-electron chi connectivity index (χ4n) is 2.37. The number of nitrogens with two attached hydrogens (primary N) is 1. The Morgan fingerprint density at radius 3 is 2.57 bits per heavy atom. The third-order valence-corrected chi connectivity index (χ3v) is 3.81. The zero-order chi connectivity index (χ0) is 11.0. The third kappa shape index (κ3) is 1.92. The maximum Gasteiger partial charge on any atom is 0.217 e. The first-order valence-corrected chi connectivity index (χ1v) is 5.31. The van der Waals surface area contributed by atoms with Gasteiger partial charge in [0, 0.05) is 12.0 Å². The summed E-state index contributed by atoms with van der Waals surface area (Å²) in [7, 11) is 0. The molecule has 2 unspecified atom stereocenters. The smallest absolute Gasteiger partial charge is 0.217 e. The lowest BCUT2D eigenvalue weighted by molar-refractivity contribution is -0.119. The molecule has 0 radical (unpaired) electrons. The van der Waals surface area contributed by atoms with Crippen molar-refractivity contribution in [1.82, 2.24) is 5.32 Å². The first-order valence-electron chi connectivity index (χ1n) is 5.31. The summed E-state index contributed by atoms with van der Waals surface area (Å²) in [5.74, 6) is 0.189. The largest absolute Gasteiger partial charge is 0.370 e. The standard InChI is InChI=1S/C11H22N2O/c1-10(2,3)11(4)8(5-6-13-11)7-9(12)14/h8,13H,5-7H2,1-4H3,(H2,12,14). The van der Waals surface area contributed by atoms with Crippen LogP contribution in [-0.4, -0.2) is 18.0 Å². The number of primary amides is 1. The second kappa shape index (κ2) is 3.54. The lowest BCUT2D eigenvalue weighted by Crippen LogP contribution is -2.53. The fourth-order valence-corrected chi connectivity index (χ4v) is 2.37. The van der Waals surface area contributed by atoms with Crippen LogP contribution in [-0.2, 0) is 4.79 Å². The molecule has 1 heterocycles. The van der Waals surface area contributed by atoms with E-state index in [-0.39, 0.29) is 16.9 Å². The number of carbonyl (C=O) groups is 1. The van der Waals surface area contributed by atoms with E-state index in [1.807, 2.05) is 0 Å². The molecule has 3 nitrogen and oxygen atoms in total. The van der Waals surface area contributed by atoms with E-state index in [0.29, 0.717) is 12.3 Å². The molecule has 1 aliphatic rings. The zero-order valence-electron chi connectivity index (χ0n) is 9.68. The maximum atomic E-state index is 11.0. The van der Waals surface area contributed by atoms with Crippen LogP contribution in [0.1, 0.15) is 40.5 Å². The van der Waals surface area contributed by atoms with Gasteiger partial charge >= 0.3 is 0 Å². The molecule has 3 heteroatoms. The Labute approximate surface area is 86.4 Å². The summed E-state index contributed by atoms with van der Waals surface area (Å²) >= 11 is 0. The van der Waals surface area contributed by atoms with Gasteiger partial charge < -0.3 is 11.1 Å². The van der Waals surface area contributed by atoms with Gasteiger partial charge in [0.05, 0.1) is 0 Å². The summed E-state index contributed by atoms with van der Waals surface area (Å²) in [5, 5.41) is 3.52. The van der Waals surface area contributed by atoms with Crippen molar-refractivity contribution >= 4 is 5.91 Å². The highest BCUT2D eigenvalue weighted by Crippen LogP contribution is 2.42. The second-order valence-electron chi connectivity index (χ2n) is 5.54. The first kappa shape index (κ1) is 11.5. The van der Waals surface area contributed by atoms with Crippen molar-refractivity contribution in [2.24, 2.45) is 17.1 Å². The molecule has 0 saturated carbocycles. The molecular formula is C11H22N2O. The van der Waals surface area contributed by atoms with E-state index in [4.69, 9.17) is 5.73 Å². The summed E-state index contributed by atoms with van der Waals surface area (Å²) < 4.78 is 0. The summed E-state index contributed by atoms with van der Waals surface area (Å²) in [6.45, 7) is 9.82. The maximum absolute atomic E-state index is 11.0. The van der Waals surface area contributed by atoms with Gasteiger partial charge in [0.2, 0.25) is 5.91 Å². The summed E-state index contributed by atoms with van der Waals surface area (Å²) in [4.78, 5) is 11.0. The molecule has 82 valence electrons. The van der Waals surface area contributed by atoms with Crippen molar-refractivity contribution in [2.75, 3.05) is 6.54 Å². The summed E-state index contributed by atoms with van der Waals surface area (Å²) in [5.41, 5.74) is 5.46. The second-order valence-corrected chi connectivity index (χ2v) is 5.54. The minimum absolute atomic E-state index is 0.0298. The van der Waals surface area contributed by atoms with Crippen LogP contribution in [0.3, 0.4) is 0 Å². The lowest BCUT2D eigenvalue weighted by Gasteiger charge is -2.43. The molecule has 1 saturated heterocycles. The average molecular weight is 198 g/mol. The number of amides is 1. The van der Waals surface area contributed by atoms with Gasteiger partial charge in [-0.1, -0.05) is 20.8 Å². The van der Waals surface area contributed by atoms with Gasteiger partial charge in [0.1, 0.15) is 0 Å². The van der Waals surface area contributed by atoms with E-state index in [1.165, 1.54) is 0 Å².